The topological polar surface area (TPSA) is 46.0 Å². The van der Waals surface area contributed by atoms with Crippen LogP contribution in [0.5, 0.6) is 0 Å². The van der Waals surface area contributed by atoms with Crippen molar-refractivity contribution in [3.8, 4) is 0 Å². The first-order valence-corrected chi connectivity index (χ1v) is 5.12. The van der Waals surface area contributed by atoms with E-state index in [2.05, 4.69) is 16.0 Å². The van der Waals surface area contributed by atoms with Gasteiger partial charge in [-0.05, 0) is 45.4 Å². The zero-order valence-corrected chi connectivity index (χ0v) is 7.86. The van der Waals surface area contributed by atoms with Gasteiger partial charge in [0.15, 0.2) is 0 Å². The average molecular weight is 203 g/mol. The fourth-order valence-corrected chi connectivity index (χ4v) is 0.802. The van der Waals surface area contributed by atoms with Crippen LogP contribution in [0.15, 0.2) is 0 Å². The summed E-state index contributed by atoms with van der Waals surface area (Å²) in [6.07, 6.45) is 4.17. The zero-order chi connectivity index (χ0) is 8.49. The maximum absolute atomic E-state index is 3.22. The zero-order valence-electron chi connectivity index (χ0n) is 7.86. The van der Waals surface area contributed by atoms with Crippen molar-refractivity contribution in [3.05, 3.63) is 0 Å². The molecule has 3 aliphatic rings. The minimum absolute atomic E-state index is 0. The number of hydrogen-bond acceptors (Lipinski definition) is 3. The lowest BCUT2D eigenvalue weighted by atomic mass is 10.3. The third kappa shape index (κ3) is 14.4. The summed E-state index contributed by atoms with van der Waals surface area (Å²) < 4.78 is 0. The monoisotopic (exact) mass is 203 g/mol. The van der Waals surface area contributed by atoms with Gasteiger partial charge in [0.2, 0.25) is 0 Å². The van der Waals surface area contributed by atoms with Crippen molar-refractivity contribution in [3.63, 3.8) is 0 Å². The van der Waals surface area contributed by atoms with Gasteiger partial charge in [-0.25, -0.2) is 0 Å². The second-order valence-electron chi connectivity index (χ2n) is 3.31. The van der Waals surface area contributed by atoms with E-state index in [1.165, 1.54) is 58.5 Å². The third-order valence-electron chi connectivity index (χ3n) is 1.91. The van der Waals surface area contributed by atoms with E-state index in [4.69, 9.17) is 0 Å². The van der Waals surface area contributed by atoms with Crippen LogP contribution in [0.2, 0.25) is 0 Å². The molecule has 0 aliphatic carbocycles. The van der Waals surface area contributed by atoms with E-state index in [1.54, 1.807) is 0 Å². The van der Waals surface area contributed by atoms with Crippen LogP contribution < -0.4 is 16.0 Å². The van der Waals surface area contributed by atoms with Crippen LogP contribution in [0.25, 0.3) is 0 Å². The molecule has 14 heavy (non-hydrogen) atoms. The molecule has 3 heterocycles. The molecule has 0 spiro atoms. The van der Waals surface area contributed by atoms with Crippen LogP contribution in [0.3, 0.4) is 0 Å². The molecule has 3 heteroatoms. The van der Waals surface area contributed by atoms with Crippen LogP contribution in [0.4, 0.5) is 0 Å². The van der Waals surface area contributed by atoms with Crippen LogP contribution in [-0.2, 0) is 0 Å². The molecular formula is C11H29N3. The summed E-state index contributed by atoms with van der Waals surface area (Å²) >= 11 is 0. The highest BCUT2D eigenvalue weighted by molar-refractivity contribution is 4.58. The Morgan fingerprint density at radius 1 is 0.429 bits per heavy atom. The molecule has 0 amide bonds. The predicted molar refractivity (Wildman–Crippen MR) is 65.9 cm³/mol. The van der Waals surface area contributed by atoms with Crippen molar-refractivity contribution in [2.75, 3.05) is 39.3 Å². The van der Waals surface area contributed by atoms with Crippen LogP contribution in [-0.4, -0.2) is 39.3 Å². The lowest BCUT2D eigenvalue weighted by molar-refractivity contribution is 0.527. The van der Waals surface area contributed by atoms with Gasteiger partial charge in [-0.1, -0.05) is 14.9 Å². The number of rotatable bonds is 0. The van der Waals surface area contributed by atoms with Gasteiger partial charge >= 0.3 is 0 Å². The van der Waals surface area contributed by atoms with Crippen LogP contribution in [0, 0.1) is 0 Å². The van der Waals surface area contributed by atoms with E-state index in [0.29, 0.717) is 0 Å². The molecule has 0 aromatic rings. The maximum Gasteiger partial charge on any atom is 0.00772 e. The Labute approximate surface area is 90.0 Å². The molecule has 0 aromatic heterocycles. The molecule has 0 unspecified atom stereocenters. The Balaban J connectivity index is 0. The van der Waals surface area contributed by atoms with Crippen molar-refractivity contribution in [1.29, 1.82) is 0 Å². The molecular weight excluding hydrogens is 174 g/mol. The van der Waals surface area contributed by atoms with Gasteiger partial charge in [-0.2, -0.15) is 0 Å². The van der Waals surface area contributed by atoms with E-state index in [-0.39, 0.29) is 14.9 Å². The predicted octanol–water partition coefficient (Wildman–Crippen LogP) is 1.21. The highest BCUT2D eigenvalue weighted by Crippen LogP contribution is 1.90. The fraction of sp³-hybridized carbons (Fsp3) is 1.00. The SMILES string of the molecule is C.C.C1CCNC1.C1CN1.C1CNC1. The second kappa shape index (κ2) is 12.9. The quantitative estimate of drug-likeness (QED) is 0.519. The van der Waals surface area contributed by atoms with Gasteiger partial charge in [0.25, 0.3) is 0 Å². The first-order chi connectivity index (χ1) is 6.00. The lowest BCUT2D eigenvalue weighted by Gasteiger charge is -2.09. The summed E-state index contributed by atoms with van der Waals surface area (Å²) in [5.74, 6) is 0. The summed E-state index contributed by atoms with van der Waals surface area (Å²) in [5.41, 5.74) is 0. The van der Waals surface area contributed by atoms with E-state index < -0.39 is 0 Å². The smallest absolute Gasteiger partial charge is 0.00772 e. The molecule has 3 aliphatic heterocycles. The van der Waals surface area contributed by atoms with Gasteiger partial charge in [-0.15, -0.1) is 0 Å². The highest BCUT2D eigenvalue weighted by Gasteiger charge is 1.93. The molecule has 3 fully saturated rings. The molecule has 3 nitrogen and oxygen atoms in total. The highest BCUT2D eigenvalue weighted by atomic mass is 15.0. The Kier molecular flexibility index (Phi) is 15.0. The molecule has 0 saturated carbocycles. The van der Waals surface area contributed by atoms with E-state index >= 15 is 0 Å². The number of nitrogens with one attached hydrogen (secondary N) is 3. The summed E-state index contributed by atoms with van der Waals surface area (Å²) in [4.78, 5) is 0. The van der Waals surface area contributed by atoms with Crippen molar-refractivity contribution in [1.82, 2.24) is 16.0 Å². The largest absolute Gasteiger partial charge is 0.317 e. The van der Waals surface area contributed by atoms with E-state index in [1.807, 2.05) is 0 Å². The molecule has 88 valence electrons. The molecule has 3 saturated heterocycles. The Morgan fingerprint density at radius 3 is 0.714 bits per heavy atom. The van der Waals surface area contributed by atoms with Crippen molar-refractivity contribution >= 4 is 0 Å². The number of hydrogen-bond donors (Lipinski definition) is 3. The normalized spacial score (nSPS) is 20.6. The van der Waals surface area contributed by atoms with Gasteiger partial charge in [0.05, 0.1) is 0 Å². The Morgan fingerprint density at radius 2 is 0.643 bits per heavy atom. The summed E-state index contributed by atoms with van der Waals surface area (Å²) in [6, 6.07) is 0. The maximum atomic E-state index is 3.22. The van der Waals surface area contributed by atoms with Crippen LogP contribution >= 0.6 is 0 Å². The van der Waals surface area contributed by atoms with Gasteiger partial charge in [0.1, 0.15) is 0 Å². The molecule has 3 N–H and O–H groups in total. The third-order valence-corrected chi connectivity index (χ3v) is 1.91. The Hall–Kier alpha value is -0.120. The summed E-state index contributed by atoms with van der Waals surface area (Å²) in [6.45, 7) is 7.50. The van der Waals surface area contributed by atoms with Crippen molar-refractivity contribution < 1.29 is 0 Å². The molecule has 0 atom stereocenters. The van der Waals surface area contributed by atoms with Crippen molar-refractivity contribution in [2.24, 2.45) is 0 Å². The van der Waals surface area contributed by atoms with Gasteiger partial charge in [0, 0.05) is 13.1 Å². The van der Waals surface area contributed by atoms with Crippen LogP contribution in [0.1, 0.15) is 34.1 Å². The molecule has 3 rings (SSSR count). The minimum atomic E-state index is 0. The molecule has 0 radical (unpaired) electrons. The van der Waals surface area contributed by atoms with Gasteiger partial charge < -0.3 is 16.0 Å². The minimum Gasteiger partial charge on any atom is -0.317 e. The summed E-state index contributed by atoms with van der Waals surface area (Å²) in [5, 5.41) is 9.33. The lowest BCUT2D eigenvalue weighted by Crippen LogP contribution is -2.29. The second-order valence-corrected chi connectivity index (χ2v) is 3.31. The first kappa shape index (κ1) is 16.3. The van der Waals surface area contributed by atoms with Crippen molar-refractivity contribution in [2.45, 2.75) is 34.1 Å². The van der Waals surface area contributed by atoms with E-state index in [9.17, 15) is 0 Å². The fourth-order valence-electron chi connectivity index (χ4n) is 0.802. The first-order valence-electron chi connectivity index (χ1n) is 5.12. The van der Waals surface area contributed by atoms with E-state index in [0.717, 1.165) is 0 Å². The average Bonchev–Trinajstić information content (AvgIpc) is 2.70. The molecule has 0 bridgehead atoms. The Bertz CT molecular complexity index is 72.2. The standard InChI is InChI=1S/C4H9N.C3H7N.C2H5N.2CH4/c1-2-4-5-3-1;1-2-4-3-1;1-2-3-1;;/h5H,1-4H2;4H,1-3H2;3H,1-2H2;2*1H4. The molecule has 0 aromatic carbocycles. The van der Waals surface area contributed by atoms with Gasteiger partial charge in [-0.3, -0.25) is 0 Å². The summed E-state index contributed by atoms with van der Waals surface area (Å²) in [7, 11) is 0.